The minimum atomic E-state index is -0.561. The average molecular weight is 564 g/mol. The molecule has 0 radical (unpaired) electrons. The van der Waals surface area contributed by atoms with Crippen molar-refractivity contribution in [1.29, 1.82) is 0 Å². The first-order chi connectivity index (χ1) is 17.4. The molecule has 1 N–H and O–H groups in total. The first-order valence-corrected chi connectivity index (χ1v) is 14.0. The van der Waals surface area contributed by atoms with E-state index in [1.165, 1.54) is 18.2 Å². The highest BCUT2D eigenvalue weighted by Gasteiger charge is 2.36. The molecule has 0 amide bonds. The number of allylic oxidation sites excluding steroid dienone is 1. The molecule has 1 aliphatic carbocycles. The van der Waals surface area contributed by atoms with E-state index in [-0.39, 0.29) is 12.1 Å². The number of aromatic nitrogens is 3. The lowest BCUT2D eigenvalue weighted by atomic mass is 9.95. The second-order valence-electron chi connectivity index (χ2n) is 8.95. The minimum absolute atomic E-state index is 0.0695. The number of nitrogens with zero attached hydrogens (tertiary/aromatic N) is 3. The molecule has 0 saturated heterocycles. The van der Waals surface area contributed by atoms with Crippen molar-refractivity contribution >= 4 is 58.5 Å². The molecule has 1 aliphatic heterocycles. The maximum absolute atomic E-state index is 13.5. The third-order valence-electron chi connectivity index (χ3n) is 6.45. The van der Waals surface area contributed by atoms with Gasteiger partial charge in [0.25, 0.3) is 0 Å². The molecule has 1 aromatic heterocycles. The number of ether oxygens (including phenoxy) is 1. The Balaban J connectivity index is 1.48. The largest absolute Gasteiger partial charge is 0.459 e. The SMILES string of the molecule is CC1=C(C(=O)OC2CCCCC2)C(c2ccc(Cl)c(Cl)c2)n2nc(SCc3ccccc3Cl)nc2N1. The number of anilines is 1. The summed E-state index contributed by atoms with van der Waals surface area (Å²) in [5, 5.41) is 10.1. The maximum atomic E-state index is 13.5. The van der Waals surface area contributed by atoms with Gasteiger partial charge >= 0.3 is 5.97 Å². The Bertz CT molecular complexity index is 1320. The third kappa shape index (κ3) is 5.40. The Morgan fingerprint density at radius 2 is 1.86 bits per heavy atom. The minimum Gasteiger partial charge on any atom is -0.459 e. The van der Waals surface area contributed by atoms with Gasteiger partial charge in [-0.25, -0.2) is 9.48 Å². The van der Waals surface area contributed by atoms with Gasteiger partial charge in [-0.3, -0.25) is 0 Å². The molecular formula is C26H25Cl3N4O2S. The number of carbonyl (C=O) groups excluding carboxylic acids is 1. The summed E-state index contributed by atoms with van der Waals surface area (Å²) < 4.78 is 7.69. The zero-order chi connectivity index (χ0) is 25.2. The van der Waals surface area contributed by atoms with Crippen LogP contribution in [0.2, 0.25) is 15.1 Å². The average Bonchev–Trinajstić information content (AvgIpc) is 3.27. The van der Waals surface area contributed by atoms with Crippen LogP contribution in [0.5, 0.6) is 0 Å². The fraction of sp³-hybridized carbons (Fsp3) is 0.346. The van der Waals surface area contributed by atoms with Gasteiger partial charge in [-0.1, -0.05) is 77.3 Å². The predicted octanol–water partition coefficient (Wildman–Crippen LogP) is 7.70. The molecule has 1 fully saturated rings. The summed E-state index contributed by atoms with van der Waals surface area (Å²) in [6, 6.07) is 12.5. The van der Waals surface area contributed by atoms with Crippen LogP contribution in [0.4, 0.5) is 5.95 Å². The molecule has 1 unspecified atom stereocenters. The number of hydrogen-bond acceptors (Lipinski definition) is 6. The van der Waals surface area contributed by atoms with E-state index in [4.69, 9.17) is 44.6 Å². The van der Waals surface area contributed by atoms with Gasteiger partial charge in [-0.15, -0.1) is 5.10 Å². The monoisotopic (exact) mass is 562 g/mol. The molecule has 2 aromatic carbocycles. The number of halogens is 3. The summed E-state index contributed by atoms with van der Waals surface area (Å²) in [5.41, 5.74) is 2.93. The topological polar surface area (TPSA) is 69.0 Å². The Kier molecular flexibility index (Phi) is 7.82. The second-order valence-corrected chi connectivity index (χ2v) is 11.1. The summed E-state index contributed by atoms with van der Waals surface area (Å²) >= 11 is 20.4. The van der Waals surface area contributed by atoms with Crippen LogP contribution in [0.25, 0.3) is 0 Å². The molecule has 6 nitrogen and oxygen atoms in total. The molecular weight excluding hydrogens is 539 g/mol. The number of benzene rings is 2. The van der Waals surface area contributed by atoms with Gasteiger partial charge < -0.3 is 10.1 Å². The number of nitrogens with one attached hydrogen (secondary N) is 1. The van der Waals surface area contributed by atoms with Crippen LogP contribution in [0.1, 0.15) is 56.2 Å². The Morgan fingerprint density at radius 3 is 2.61 bits per heavy atom. The molecule has 5 rings (SSSR count). The summed E-state index contributed by atoms with van der Waals surface area (Å²) in [7, 11) is 0. The molecule has 10 heteroatoms. The van der Waals surface area contributed by atoms with E-state index in [2.05, 4.69) is 10.3 Å². The van der Waals surface area contributed by atoms with Crippen molar-refractivity contribution in [2.24, 2.45) is 0 Å². The number of fused-ring (bicyclic) bond motifs is 1. The molecule has 2 aliphatic rings. The van der Waals surface area contributed by atoms with Crippen LogP contribution in [0.3, 0.4) is 0 Å². The van der Waals surface area contributed by atoms with E-state index in [0.29, 0.717) is 43.2 Å². The number of rotatable bonds is 6. The highest BCUT2D eigenvalue weighted by molar-refractivity contribution is 7.98. The van der Waals surface area contributed by atoms with Crippen molar-refractivity contribution in [1.82, 2.24) is 14.8 Å². The summed E-state index contributed by atoms with van der Waals surface area (Å²) in [5.74, 6) is 0.803. The lowest BCUT2D eigenvalue weighted by molar-refractivity contribution is -0.146. The third-order valence-corrected chi connectivity index (χ3v) is 8.45. The van der Waals surface area contributed by atoms with Crippen LogP contribution < -0.4 is 5.32 Å². The smallest absolute Gasteiger partial charge is 0.338 e. The molecule has 0 bridgehead atoms. The van der Waals surface area contributed by atoms with Gasteiger partial charge in [0.1, 0.15) is 12.1 Å². The molecule has 2 heterocycles. The predicted molar refractivity (Wildman–Crippen MR) is 145 cm³/mol. The van der Waals surface area contributed by atoms with Crippen molar-refractivity contribution in [3.63, 3.8) is 0 Å². The van der Waals surface area contributed by atoms with E-state index >= 15 is 0 Å². The van der Waals surface area contributed by atoms with Crippen LogP contribution in [-0.4, -0.2) is 26.8 Å². The van der Waals surface area contributed by atoms with Crippen LogP contribution in [0.15, 0.2) is 58.9 Å². The Labute approximate surface area is 229 Å². The quantitative estimate of drug-likeness (QED) is 0.245. The van der Waals surface area contributed by atoms with Gasteiger partial charge in [0.15, 0.2) is 0 Å². The first kappa shape index (κ1) is 25.5. The lowest BCUT2D eigenvalue weighted by Crippen LogP contribution is -2.32. The molecule has 1 atom stereocenters. The van der Waals surface area contributed by atoms with Gasteiger partial charge in [0.2, 0.25) is 11.1 Å². The van der Waals surface area contributed by atoms with Gasteiger partial charge in [-0.2, -0.15) is 4.98 Å². The van der Waals surface area contributed by atoms with Crippen molar-refractivity contribution in [2.45, 2.75) is 62.1 Å². The number of esters is 1. The Morgan fingerprint density at radius 1 is 1.08 bits per heavy atom. The highest BCUT2D eigenvalue weighted by Crippen LogP contribution is 2.39. The van der Waals surface area contributed by atoms with Crippen LogP contribution in [-0.2, 0) is 15.3 Å². The van der Waals surface area contributed by atoms with Gasteiger partial charge in [-0.05, 0) is 61.9 Å². The Hall–Kier alpha value is -2.19. The molecule has 188 valence electrons. The van der Waals surface area contributed by atoms with Crippen LogP contribution >= 0.6 is 46.6 Å². The molecule has 3 aromatic rings. The highest BCUT2D eigenvalue weighted by atomic mass is 35.5. The van der Waals surface area contributed by atoms with Crippen LogP contribution in [0, 0.1) is 0 Å². The first-order valence-electron chi connectivity index (χ1n) is 11.9. The summed E-state index contributed by atoms with van der Waals surface area (Å²) in [6.07, 6.45) is 5.04. The van der Waals surface area contributed by atoms with E-state index in [9.17, 15) is 4.79 Å². The second kappa shape index (κ2) is 11.1. The van der Waals surface area contributed by atoms with E-state index in [1.54, 1.807) is 16.8 Å². The summed E-state index contributed by atoms with van der Waals surface area (Å²) in [6.45, 7) is 1.86. The van der Waals surface area contributed by atoms with E-state index < -0.39 is 6.04 Å². The summed E-state index contributed by atoms with van der Waals surface area (Å²) in [4.78, 5) is 18.2. The zero-order valence-electron chi connectivity index (χ0n) is 19.6. The zero-order valence-corrected chi connectivity index (χ0v) is 22.7. The van der Waals surface area contributed by atoms with Crippen molar-refractivity contribution in [3.05, 3.63) is 79.9 Å². The number of carbonyl (C=O) groups is 1. The van der Waals surface area contributed by atoms with Crippen molar-refractivity contribution in [2.75, 3.05) is 5.32 Å². The van der Waals surface area contributed by atoms with E-state index in [0.717, 1.165) is 36.8 Å². The maximum Gasteiger partial charge on any atom is 0.338 e. The molecule has 36 heavy (non-hydrogen) atoms. The molecule has 1 saturated carbocycles. The number of thioether (sulfide) groups is 1. The van der Waals surface area contributed by atoms with Crippen molar-refractivity contribution in [3.8, 4) is 0 Å². The molecule has 0 spiro atoms. The lowest BCUT2D eigenvalue weighted by Gasteiger charge is -2.30. The standard InChI is InChI=1S/C26H25Cl3N4O2S/c1-15-22(24(34)35-18-8-3-2-4-9-18)23(16-11-12-20(28)21(29)13-16)33-25(30-15)31-26(32-33)36-14-17-7-5-6-10-19(17)27/h5-7,10-13,18,23H,2-4,8-9,14H2,1H3,(H,30,31,32). The van der Waals surface area contributed by atoms with Gasteiger partial charge in [0.05, 0.1) is 15.6 Å². The fourth-order valence-corrected chi connectivity index (χ4v) is 6.02. The van der Waals surface area contributed by atoms with Gasteiger partial charge in [0, 0.05) is 16.5 Å². The van der Waals surface area contributed by atoms with E-state index in [1.807, 2.05) is 37.3 Å². The number of hydrogen-bond donors (Lipinski definition) is 1. The normalized spacial score (nSPS) is 18.1. The fourth-order valence-electron chi connectivity index (χ4n) is 4.60. The van der Waals surface area contributed by atoms with Crippen molar-refractivity contribution < 1.29 is 9.53 Å².